The molecule has 0 unspecified atom stereocenters. The second-order valence-corrected chi connectivity index (χ2v) is 5.96. The quantitative estimate of drug-likeness (QED) is 0.721. The number of carbonyl (C=O) groups excluding carboxylic acids is 1. The first-order chi connectivity index (χ1) is 12.5. The fourth-order valence-corrected chi connectivity index (χ4v) is 2.36. The molecule has 0 aliphatic rings. The van der Waals surface area contributed by atoms with Crippen molar-refractivity contribution >= 4 is 28.8 Å². The van der Waals surface area contributed by atoms with E-state index < -0.39 is 5.82 Å². The SMILES string of the molecule is CN(C)c1ccc(Nc2ccc(C(=O)Nc3cccc(F)c3)cn2)cc1. The summed E-state index contributed by atoms with van der Waals surface area (Å²) >= 11 is 0. The van der Waals surface area contributed by atoms with Gasteiger partial charge in [-0.05, 0) is 54.6 Å². The van der Waals surface area contributed by atoms with Gasteiger partial charge in [0.2, 0.25) is 0 Å². The van der Waals surface area contributed by atoms with Gasteiger partial charge in [0.05, 0.1) is 5.56 Å². The van der Waals surface area contributed by atoms with Crippen molar-refractivity contribution in [3.8, 4) is 0 Å². The summed E-state index contributed by atoms with van der Waals surface area (Å²) in [4.78, 5) is 18.5. The van der Waals surface area contributed by atoms with Gasteiger partial charge in [-0.25, -0.2) is 9.37 Å². The Labute approximate surface area is 151 Å². The fourth-order valence-electron chi connectivity index (χ4n) is 2.36. The van der Waals surface area contributed by atoms with Crippen LogP contribution in [0.1, 0.15) is 10.4 Å². The molecule has 0 atom stereocenters. The van der Waals surface area contributed by atoms with Crippen LogP contribution in [-0.2, 0) is 0 Å². The molecule has 2 N–H and O–H groups in total. The topological polar surface area (TPSA) is 57.3 Å². The van der Waals surface area contributed by atoms with Gasteiger partial charge in [-0.1, -0.05) is 6.07 Å². The minimum Gasteiger partial charge on any atom is -0.378 e. The molecule has 0 saturated carbocycles. The zero-order valence-electron chi connectivity index (χ0n) is 14.5. The molecule has 6 heteroatoms. The lowest BCUT2D eigenvalue weighted by molar-refractivity contribution is 0.102. The van der Waals surface area contributed by atoms with E-state index in [0.29, 0.717) is 17.1 Å². The number of aromatic nitrogens is 1. The average molecular weight is 350 g/mol. The average Bonchev–Trinajstić information content (AvgIpc) is 2.63. The van der Waals surface area contributed by atoms with Gasteiger partial charge in [-0.2, -0.15) is 0 Å². The van der Waals surface area contributed by atoms with Crippen LogP contribution >= 0.6 is 0 Å². The van der Waals surface area contributed by atoms with Crippen LogP contribution < -0.4 is 15.5 Å². The molecule has 0 aliphatic carbocycles. The highest BCUT2D eigenvalue weighted by Crippen LogP contribution is 2.19. The molecule has 1 amide bonds. The van der Waals surface area contributed by atoms with Crippen LogP contribution in [0.3, 0.4) is 0 Å². The first-order valence-corrected chi connectivity index (χ1v) is 8.09. The highest BCUT2D eigenvalue weighted by atomic mass is 19.1. The molecule has 0 spiro atoms. The molecule has 0 bridgehead atoms. The molecule has 26 heavy (non-hydrogen) atoms. The third-order valence-electron chi connectivity index (χ3n) is 3.76. The van der Waals surface area contributed by atoms with Crippen molar-refractivity contribution in [2.24, 2.45) is 0 Å². The van der Waals surface area contributed by atoms with Gasteiger partial charge in [0.1, 0.15) is 11.6 Å². The number of pyridine rings is 1. The lowest BCUT2D eigenvalue weighted by Gasteiger charge is -2.13. The van der Waals surface area contributed by atoms with E-state index in [1.54, 1.807) is 18.2 Å². The highest BCUT2D eigenvalue weighted by Gasteiger charge is 2.07. The van der Waals surface area contributed by atoms with Crippen molar-refractivity contribution in [2.45, 2.75) is 0 Å². The van der Waals surface area contributed by atoms with Crippen molar-refractivity contribution in [3.05, 3.63) is 78.2 Å². The molecule has 1 heterocycles. The Morgan fingerprint density at radius 2 is 1.77 bits per heavy atom. The minimum atomic E-state index is -0.402. The smallest absolute Gasteiger partial charge is 0.257 e. The number of carbonyl (C=O) groups is 1. The molecular weight excluding hydrogens is 331 g/mol. The standard InChI is InChI=1S/C20H19FN4O/c1-25(2)18-9-7-16(8-10-18)23-19-11-6-14(13-22-19)20(26)24-17-5-3-4-15(21)12-17/h3-13H,1-2H3,(H,22,23)(H,24,26). The maximum atomic E-state index is 13.2. The number of rotatable bonds is 5. The van der Waals surface area contributed by atoms with Crippen molar-refractivity contribution in [1.29, 1.82) is 0 Å². The largest absolute Gasteiger partial charge is 0.378 e. The van der Waals surface area contributed by atoms with Gasteiger partial charge in [0.15, 0.2) is 0 Å². The third kappa shape index (κ3) is 4.36. The summed E-state index contributed by atoms with van der Waals surface area (Å²) in [6.45, 7) is 0. The number of amides is 1. The summed E-state index contributed by atoms with van der Waals surface area (Å²) in [5, 5.41) is 5.82. The van der Waals surface area contributed by atoms with Gasteiger partial charge in [-0.15, -0.1) is 0 Å². The molecule has 5 nitrogen and oxygen atoms in total. The molecule has 1 aromatic heterocycles. The monoisotopic (exact) mass is 350 g/mol. The number of halogens is 1. The Morgan fingerprint density at radius 1 is 1.00 bits per heavy atom. The van der Waals surface area contributed by atoms with Crippen LogP contribution in [0.25, 0.3) is 0 Å². The van der Waals surface area contributed by atoms with E-state index in [0.717, 1.165) is 11.4 Å². The Bertz CT molecular complexity index is 892. The molecule has 2 aromatic carbocycles. The normalized spacial score (nSPS) is 10.3. The lowest BCUT2D eigenvalue weighted by atomic mass is 10.2. The van der Waals surface area contributed by atoms with Gasteiger partial charge in [-0.3, -0.25) is 4.79 Å². The molecule has 132 valence electrons. The van der Waals surface area contributed by atoms with E-state index in [-0.39, 0.29) is 5.91 Å². The third-order valence-corrected chi connectivity index (χ3v) is 3.76. The van der Waals surface area contributed by atoms with E-state index in [1.807, 2.05) is 43.3 Å². The van der Waals surface area contributed by atoms with Crippen molar-refractivity contribution in [1.82, 2.24) is 4.98 Å². The Balaban J connectivity index is 1.65. The fraction of sp³-hybridized carbons (Fsp3) is 0.100. The summed E-state index contributed by atoms with van der Waals surface area (Å²) in [7, 11) is 3.97. The predicted octanol–water partition coefficient (Wildman–Crippen LogP) is 4.28. The second-order valence-electron chi connectivity index (χ2n) is 5.96. The number of hydrogen-bond acceptors (Lipinski definition) is 4. The molecule has 3 rings (SSSR count). The molecule has 0 saturated heterocycles. The summed E-state index contributed by atoms with van der Waals surface area (Å²) in [6, 6.07) is 17.1. The zero-order chi connectivity index (χ0) is 18.5. The maximum Gasteiger partial charge on any atom is 0.257 e. The summed E-state index contributed by atoms with van der Waals surface area (Å²) in [5.74, 6) is -0.115. The van der Waals surface area contributed by atoms with Crippen LogP contribution in [0, 0.1) is 5.82 Å². The number of nitrogens with one attached hydrogen (secondary N) is 2. The highest BCUT2D eigenvalue weighted by molar-refractivity contribution is 6.04. The van der Waals surface area contributed by atoms with Crippen molar-refractivity contribution in [3.63, 3.8) is 0 Å². The number of nitrogens with zero attached hydrogens (tertiary/aromatic N) is 2. The molecule has 0 radical (unpaired) electrons. The van der Waals surface area contributed by atoms with Crippen LogP contribution in [0.5, 0.6) is 0 Å². The first-order valence-electron chi connectivity index (χ1n) is 8.09. The Morgan fingerprint density at radius 3 is 2.38 bits per heavy atom. The van der Waals surface area contributed by atoms with Crippen molar-refractivity contribution < 1.29 is 9.18 Å². The second kappa shape index (κ2) is 7.65. The molecule has 3 aromatic rings. The number of anilines is 4. The number of hydrogen-bond donors (Lipinski definition) is 2. The Kier molecular flexibility index (Phi) is 5.12. The van der Waals surface area contributed by atoms with Gasteiger partial charge in [0, 0.05) is 37.4 Å². The summed E-state index contributed by atoms with van der Waals surface area (Å²) in [6.07, 6.45) is 1.48. The van der Waals surface area contributed by atoms with Gasteiger partial charge < -0.3 is 15.5 Å². The van der Waals surface area contributed by atoms with E-state index in [4.69, 9.17) is 0 Å². The molecule has 0 fully saturated rings. The first kappa shape index (κ1) is 17.4. The van der Waals surface area contributed by atoms with Crippen LogP contribution in [0.4, 0.5) is 27.3 Å². The molecular formula is C20H19FN4O. The van der Waals surface area contributed by atoms with Crippen molar-refractivity contribution in [2.75, 3.05) is 29.6 Å². The number of benzene rings is 2. The summed E-state index contributed by atoms with van der Waals surface area (Å²) in [5.41, 5.74) is 2.80. The predicted molar refractivity (Wildman–Crippen MR) is 103 cm³/mol. The van der Waals surface area contributed by atoms with Gasteiger partial charge >= 0.3 is 0 Å². The maximum absolute atomic E-state index is 13.2. The minimum absolute atomic E-state index is 0.343. The van der Waals surface area contributed by atoms with Crippen LogP contribution in [0.2, 0.25) is 0 Å². The molecule has 0 aliphatic heterocycles. The lowest BCUT2D eigenvalue weighted by Crippen LogP contribution is -2.12. The summed E-state index contributed by atoms with van der Waals surface area (Å²) < 4.78 is 13.2. The van der Waals surface area contributed by atoms with E-state index >= 15 is 0 Å². The van der Waals surface area contributed by atoms with E-state index in [1.165, 1.54) is 24.4 Å². The Hall–Kier alpha value is -3.41. The van der Waals surface area contributed by atoms with Crippen LogP contribution in [0.15, 0.2) is 66.9 Å². The van der Waals surface area contributed by atoms with E-state index in [2.05, 4.69) is 15.6 Å². The van der Waals surface area contributed by atoms with E-state index in [9.17, 15) is 9.18 Å². The van der Waals surface area contributed by atoms with Crippen LogP contribution in [-0.4, -0.2) is 25.0 Å². The van der Waals surface area contributed by atoms with Gasteiger partial charge in [0.25, 0.3) is 5.91 Å². The zero-order valence-corrected chi connectivity index (χ0v) is 14.5.